The Morgan fingerprint density at radius 2 is 1.00 bits per heavy atom. The molecule has 2 unspecified atom stereocenters. The number of carboxylic acids is 2. The molecule has 4 N–H and O–H groups in total. The van der Waals surface area contributed by atoms with Crippen molar-refractivity contribution in [3.05, 3.63) is 71.8 Å². The van der Waals surface area contributed by atoms with Gasteiger partial charge in [0.05, 0.1) is 23.3 Å². The summed E-state index contributed by atoms with van der Waals surface area (Å²) in [6, 6.07) is 16.6. The number of aliphatic hydroxyl groups excluding tert-OH is 2. The van der Waals surface area contributed by atoms with Gasteiger partial charge in [0.15, 0.2) is 0 Å². The Hall–Kier alpha value is -2.70. The average molecular weight is 461 g/mol. The van der Waals surface area contributed by atoms with Crippen molar-refractivity contribution in [3.63, 3.8) is 0 Å². The van der Waals surface area contributed by atoms with Gasteiger partial charge in [0, 0.05) is 5.92 Å². The van der Waals surface area contributed by atoms with Crippen LogP contribution in [0.4, 0.5) is 0 Å². The predicted molar refractivity (Wildman–Crippen MR) is 132 cm³/mol. The van der Waals surface area contributed by atoms with E-state index in [0.29, 0.717) is 11.1 Å². The van der Waals surface area contributed by atoms with E-state index in [1.165, 1.54) is 0 Å². The van der Waals surface area contributed by atoms with E-state index in [-0.39, 0.29) is 18.1 Å². The molecule has 0 spiro atoms. The standard InChI is InChI=1S/C13H28O2.2C7H6O2/c1-4-7-10-11(12(14)8-5-2)13(15)9-6-3;2*8-7(9)6-4-2-1-3-5-6/h11-15H,4-10H2,1-3H3;2*1-5H,(H,8,9). The van der Waals surface area contributed by atoms with Gasteiger partial charge < -0.3 is 20.4 Å². The summed E-state index contributed by atoms with van der Waals surface area (Å²) in [4.78, 5) is 20.4. The SMILES string of the molecule is CCCCC(C(O)CCC)C(O)CCC.O=C(O)c1ccccc1.O=C(O)c1ccccc1. The van der Waals surface area contributed by atoms with Crippen LogP contribution < -0.4 is 0 Å². The Balaban J connectivity index is 0.000000489. The smallest absolute Gasteiger partial charge is 0.335 e. The zero-order chi connectivity index (χ0) is 25.1. The zero-order valence-electron chi connectivity index (χ0n) is 20.1. The molecule has 2 aromatic rings. The van der Waals surface area contributed by atoms with Gasteiger partial charge in [-0.2, -0.15) is 0 Å². The first kappa shape index (κ1) is 30.3. The Bertz CT molecular complexity index is 686. The van der Waals surface area contributed by atoms with Gasteiger partial charge in [-0.1, -0.05) is 82.9 Å². The minimum absolute atomic E-state index is 0.0878. The molecule has 6 nitrogen and oxygen atoms in total. The highest BCUT2D eigenvalue weighted by Gasteiger charge is 2.24. The summed E-state index contributed by atoms with van der Waals surface area (Å²) in [5, 5.41) is 36.7. The molecule has 0 amide bonds. The van der Waals surface area contributed by atoms with E-state index in [1.807, 2.05) is 0 Å². The Kier molecular flexibility index (Phi) is 17.3. The fraction of sp³-hybridized carbons (Fsp3) is 0.481. The van der Waals surface area contributed by atoms with E-state index in [0.717, 1.165) is 44.9 Å². The number of carbonyl (C=O) groups is 2. The first-order valence-electron chi connectivity index (χ1n) is 11.7. The Labute approximate surface area is 197 Å². The maximum absolute atomic E-state index is 10.2. The van der Waals surface area contributed by atoms with Gasteiger partial charge >= 0.3 is 11.9 Å². The molecule has 0 aromatic heterocycles. The predicted octanol–water partition coefficient (Wildman–Crippen LogP) is 5.88. The van der Waals surface area contributed by atoms with E-state index < -0.39 is 11.9 Å². The van der Waals surface area contributed by atoms with Gasteiger partial charge in [0.1, 0.15) is 0 Å². The van der Waals surface area contributed by atoms with Crippen LogP contribution in [0.3, 0.4) is 0 Å². The molecule has 0 aliphatic rings. The summed E-state index contributed by atoms with van der Waals surface area (Å²) >= 11 is 0. The van der Waals surface area contributed by atoms with Gasteiger partial charge in [-0.25, -0.2) is 9.59 Å². The van der Waals surface area contributed by atoms with Crippen LogP contribution in [-0.2, 0) is 0 Å². The minimum Gasteiger partial charge on any atom is -0.478 e. The molecule has 0 saturated heterocycles. The lowest BCUT2D eigenvalue weighted by Crippen LogP contribution is -2.31. The van der Waals surface area contributed by atoms with Crippen LogP contribution in [0.25, 0.3) is 0 Å². The highest BCUT2D eigenvalue weighted by Crippen LogP contribution is 2.23. The Morgan fingerprint density at radius 3 is 1.24 bits per heavy atom. The number of carboxylic acid groups (broad SMARTS) is 2. The molecule has 0 saturated carbocycles. The van der Waals surface area contributed by atoms with Crippen LogP contribution in [-0.4, -0.2) is 44.6 Å². The van der Waals surface area contributed by atoms with Crippen LogP contribution in [0, 0.1) is 5.92 Å². The lowest BCUT2D eigenvalue weighted by atomic mass is 9.86. The van der Waals surface area contributed by atoms with Crippen molar-refractivity contribution in [3.8, 4) is 0 Å². The number of hydrogen-bond acceptors (Lipinski definition) is 4. The molecule has 2 rings (SSSR count). The quantitative estimate of drug-likeness (QED) is 0.333. The third-order valence-electron chi connectivity index (χ3n) is 5.09. The van der Waals surface area contributed by atoms with Gasteiger partial charge in [-0.05, 0) is 43.5 Å². The van der Waals surface area contributed by atoms with E-state index in [2.05, 4.69) is 20.8 Å². The van der Waals surface area contributed by atoms with Crippen molar-refractivity contribution in [2.24, 2.45) is 5.92 Å². The summed E-state index contributed by atoms with van der Waals surface area (Å²) in [5.74, 6) is -1.67. The van der Waals surface area contributed by atoms with E-state index in [4.69, 9.17) is 10.2 Å². The molecule has 6 heteroatoms. The summed E-state index contributed by atoms with van der Waals surface area (Å²) < 4.78 is 0. The molecule has 33 heavy (non-hydrogen) atoms. The van der Waals surface area contributed by atoms with Gasteiger partial charge in [0.25, 0.3) is 0 Å². The Morgan fingerprint density at radius 1 is 0.636 bits per heavy atom. The van der Waals surface area contributed by atoms with Crippen LogP contribution in [0.1, 0.15) is 86.4 Å². The van der Waals surface area contributed by atoms with Crippen molar-refractivity contribution < 1.29 is 30.0 Å². The fourth-order valence-electron chi connectivity index (χ4n) is 3.26. The minimum atomic E-state index is -0.879. The normalized spacial score (nSPS) is 12.8. The van der Waals surface area contributed by atoms with E-state index in [9.17, 15) is 19.8 Å². The lowest BCUT2D eigenvalue weighted by Gasteiger charge is -2.27. The van der Waals surface area contributed by atoms with E-state index in [1.54, 1.807) is 60.7 Å². The number of benzene rings is 2. The zero-order valence-corrected chi connectivity index (χ0v) is 20.1. The maximum Gasteiger partial charge on any atom is 0.335 e. The van der Waals surface area contributed by atoms with Crippen LogP contribution in [0.5, 0.6) is 0 Å². The molecular formula is C27H40O6. The summed E-state index contributed by atoms with van der Waals surface area (Å²) in [7, 11) is 0. The molecule has 2 atom stereocenters. The van der Waals surface area contributed by atoms with E-state index >= 15 is 0 Å². The number of hydrogen-bond donors (Lipinski definition) is 4. The van der Waals surface area contributed by atoms with Crippen molar-refractivity contribution in [1.29, 1.82) is 0 Å². The molecule has 184 valence electrons. The topological polar surface area (TPSA) is 115 Å². The van der Waals surface area contributed by atoms with Crippen molar-refractivity contribution in [2.75, 3.05) is 0 Å². The fourth-order valence-corrected chi connectivity index (χ4v) is 3.26. The van der Waals surface area contributed by atoms with Gasteiger partial charge in [-0.3, -0.25) is 0 Å². The van der Waals surface area contributed by atoms with Crippen molar-refractivity contribution >= 4 is 11.9 Å². The number of aromatic carboxylic acids is 2. The first-order valence-corrected chi connectivity index (χ1v) is 11.7. The van der Waals surface area contributed by atoms with Crippen molar-refractivity contribution in [2.45, 2.75) is 77.9 Å². The first-order chi connectivity index (χ1) is 15.8. The second-order valence-corrected chi connectivity index (χ2v) is 7.86. The highest BCUT2D eigenvalue weighted by atomic mass is 16.4. The molecule has 0 bridgehead atoms. The molecule has 0 heterocycles. The number of unbranched alkanes of at least 4 members (excludes halogenated alkanes) is 1. The molecule has 2 aromatic carbocycles. The largest absolute Gasteiger partial charge is 0.478 e. The summed E-state index contributed by atoms with van der Waals surface area (Å²) in [6.07, 6.45) is 6.17. The molecule has 0 radical (unpaired) electrons. The molecule has 0 fully saturated rings. The second-order valence-electron chi connectivity index (χ2n) is 7.86. The maximum atomic E-state index is 10.2. The monoisotopic (exact) mass is 460 g/mol. The summed E-state index contributed by atoms with van der Waals surface area (Å²) in [6.45, 7) is 6.30. The third-order valence-corrected chi connectivity index (χ3v) is 5.09. The second kappa shape index (κ2) is 18.8. The molecule has 0 aliphatic heterocycles. The third kappa shape index (κ3) is 14.1. The van der Waals surface area contributed by atoms with Crippen LogP contribution >= 0.6 is 0 Å². The summed E-state index contributed by atoms with van der Waals surface area (Å²) in [5.41, 5.74) is 0.662. The highest BCUT2D eigenvalue weighted by molar-refractivity contribution is 5.87. The van der Waals surface area contributed by atoms with Crippen LogP contribution in [0.2, 0.25) is 0 Å². The molecular weight excluding hydrogens is 420 g/mol. The molecule has 0 aliphatic carbocycles. The van der Waals surface area contributed by atoms with Crippen LogP contribution in [0.15, 0.2) is 60.7 Å². The van der Waals surface area contributed by atoms with Gasteiger partial charge in [-0.15, -0.1) is 0 Å². The lowest BCUT2D eigenvalue weighted by molar-refractivity contribution is -0.00140. The average Bonchev–Trinajstić information content (AvgIpc) is 2.81. The van der Waals surface area contributed by atoms with Gasteiger partial charge in [0.2, 0.25) is 0 Å². The number of aliphatic hydroxyl groups is 2. The van der Waals surface area contributed by atoms with Crippen molar-refractivity contribution in [1.82, 2.24) is 0 Å². The number of rotatable bonds is 11.